The quantitative estimate of drug-likeness (QED) is 0.583. The summed E-state index contributed by atoms with van der Waals surface area (Å²) in [5, 5.41) is 7.78. The number of aromatic nitrogens is 1. The predicted octanol–water partition coefficient (Wildman–Crippen LogP) is 1.16. The minimum absolute atomic E-state index is 0.0307. The maximum Gasteiger partial charge on any atom is 0.239 e. The molecule has 0 aliphatic carbocycles. The zero-order valence-corrected chi connectivity index (χ0v) is 17.2. The lowest BCUT2D eigenvalue weighted by molar-refractivity contribution is -0.138. The molecule has 3 heterocycles. The number of rotatable bonds is 10. The highest BCUT2D eigenvalue weighted by Crippen LogP contribution is 2.15. The third kappa shape index (κ3) is 7.37. The van der Waals surface area contributed by atoms with Gasteiger partial charge < -0.3 is 25.0 Å². The monoisotopic (exact) mass is 424 g/mol. The van der Waals surface area contributed by atoms with E-state index < -0.39 is 0 Å². The fourth-order valence-corrected chi connectivity index (χ4v) is 3.94. The Morgan fingerprint density at radius 3 is 2.52 bits per heavy atom. The molecule has 160 valence electrons. The normalized spacial score (nSPS) is 21.1. The van der Waals surface area contributed by atoms with E-state index in [1.165, 1.54) is 16.2 Å². The Balaban J connectivity index is 1.47. The largest absolute Gasteiger partial charge is 0.376 e. The summed E-state index contributed by atoms with van der Waals surface area (Å²) in [7, 11) is 0. The minimum Gasteiger partial charge on any atom is -0.376 e. The molecule has 0 radical (unpaired) electrons. The van der Waals surface area contributed by atoms with Crippen molar-refractivity contribution in [3.05, 3.63) is 11.6 Å². The van der Waals surface area contributed by atoms with Crippen molar-refractivity contribution < 1.29 is 23.9 Å². The average Bonchev–Trinajstić information content (AvgIpc) is 3.47. The van der Waals surface area contributed by atoms with Crippen LogP contribution in [0.3, 0.4) is 0 Å². The second kappa shape index (κ2) is 11.2. The summed E-state index contributed by atoms with van der Waals surface area (Å²) in [5.41, 5.74) is 0. The van der Waals surface area contributed by atoms with Crippen LogP contribution in [-0.4, -0.2) is 72.7 Å². The van der Waals surface area contributed by atoms with Crippen LogP contribution in [0, 0.1) is 0 Å². The van der Waals surface area contributed by atoms with E-state index in [4.69, 9.17) is 9.47 Å². The van der Waals surface area contributed by atoms with Gasteiger partial charge in [-0.1, -0.05) is 0 Å². The van der Waals surface area contributed by atoms with E-state index in [9.17, 15) is 14.4 Å². The van der Waals surface area contributed by atoms with E-state index in [-0.39, 0.29) is 49.3 Å². The summed E-state index contributed by atoms with van der Waals surface area (Å²) in [5.74, 6) is -0.727. The van der Waals surface area contributed by atoms with Crippen molar-refractivity contribution in [1.29, 1.82) is 0 Å². The predicted molar refractivity (Wildman–Crippen MR) is 108 cm³/mol. The van der Waals surface area contributed by atoms with Gasteiger partial charge in [0.1, 0.15) is 0 Å². The first-order valence-electron chi connectivity index (χ1n) is 10.1. The second-order valence-electron chi connectivity index (χ2n) is 7.23. The Morgan fingerprint density at radius 2 is 1.86 bits per heavy atom. The molecular weight excluding hydrogens is 396 g/mol. The van der Waals surface area contributed by atoms with Crippen LogP contribution >= 0.6 is 11.3 Å². The van der Waals surface area contributed by atoms with Crippen molar-refractivity contribution in [2.24, 2.45) is 0 Å². The molecule has 0 aromatic carbocycles. The number of nitrogens with one attached hydrogen (secondary N) is 2. The zero-order valence-electron chi connectivity index (χ0n) is 16.4. The summed E-state index contributed by atoms with van der Waals surface area (Å²) in [6, 6.07) is 0. The highest BCUT2D eigenvalue weighted by molar-refractivity contribution is 7.13. The molecular formula is C19H28N4O5S. The second-order valence-corrected chi connectivity index (χ2v) is 8.13. The Labute approximate surface area is 174 Å². The van der Waals surface area contributed by atoms with Gasteiger partial charge in [0.25, 0.3) is 0 Å². The van der Waals surface area contributed by atoms with E-state index >= 15 is 0 Å². The summed E-state index contributed by atoms with van der Waals surface area (Å²) in [6.07, 6.45) is 5.43. The number of carbonyl (C=O) groups excluding carboxylic acids is 3. The van der Waals surface area contributed by atoms with Crippen molar-refractivity contribution in [3.8, 4) is 0 Å². The summed E-state index contributed by atoms with van der Waals surface area (Å²) < 4.78 is 11.1. The van der Waals surface area contributed by atoms with Gasteiger partial charge in [0, 0.05) is 50.7 Å². The zero-order chi connectivity index (χ0) is 20.5. The molecule has 3 amide bonds. The van der Waals surface area contributed by atoms with Gasteiger partial charge in [-0.3, -0.25) is 14.4 Å². The number of nitrogens with zero attached hydrogens (tertiary/aromatic N) is 2. The van der Waals surface area contributed by atoms with Gasteiger partial charge in [-0.25, -0.2) is 4.98 Å². The van der Waals surface area contributed by atoms with E-state index in [1.54, 1.807) is 11.6 Å². The first-order chi connectivity index (χ1) is 14.1. The van der Waals surface area contributed by atoms with Crippen LogP contribution in [0.2, 0.25) is 0 Å². The summed E-state index contributed by atoms with van der Waals surface area (Å²) >= 11 is 1.32. The molecule has 2 aliphatic rings. The third-order valence-corrected chi connectivity index (χ3v) is 5.62. The molecule has 29 heavy (non-hydrogen) atoms. The van der Waals surface area contributed by atoms with Gasteiger partial charge in [-0.2, -0.15) is 0 Å². The minimum atomic E-state index is -0.270. The number of ether oxygens (including phenoxy) is 2. The van der Waals surface area contributed by atoms with Crippen LogP contribution in [0.5, 0.6) is 0 Å². The molecule has 1 aromatic rings. The highest BCUT2D eigenvalue weighted by atomic mass is 32.1. The van der Waals surface area contributed by atoms with Crippen molar-refractivity contribution in [2.75, 3.05) is 38.2 Å². The standard InChI is InChI=1S/C19H28N4O5S/c24-16(22-19-20-7-10-29-19)5-6-18(26)23(12-15-4-2-9-28-15)13-17(25)21-11-14-3-1-8-27-14/h7,10,14-15H,1-6,8-9,11-13H2,(H,21,25)(H,20,22,24)/t14-,15-/m0/s1. The molecule has 2 atom stereocenters. The Morgan fingerprint density at radius 1 is 1.10 bits per heavy atom. The van der Waals surface area contributed by atoms with Gasteiger partial charge >= 0.3 is 0 Å². The van der Waals surface area contributed by atoms with Gasteiger partial charge in [0.15, 0.2) is 5.13 Å². The number of hydrogen-bond acceptors (Lipinski definition) is 7. The van der Waals surface area contributed by atoms with E-state index in [2.05, 4.69) is 15.6 Å². The van der Waals surface area contributed by atoms with E-state index in [1.807, 2.05) is 0 Å². The van der Waals surface area contributed by atoms with Crippen molar-refractivity contribution >= 4 is 34.2 Å². The molecule has 2 saturated heterocycles. The molecule has 1 aromatic heterocycles. The lowest BCUT2D eigenvalue weighted by atomic mass is 10.2. The first-order valence-corrected chi connectivity index (χ1v) is 10.9. The molecule has 2 fully saturated rings. The molecule has 9 nitrogen and oxygen atoms in total. The summed E-state index contributed by atoms with van der Waals surface area (Å²) in [4.78, 5) is 42.6. The molecule has 0 bridgehead atoms. The van der Waals surface area contributed by atoms with Crippen molar-refractivity contribution in [2.45, 2.75) is 50.7 Å². The van der Waals surface area contributed by atoms with Gasteiger partial charge in [-0.05, 0) is 25.7 Å². The molecule has 0 saturated carbocycles. The number of carbonyl (C=O) groups is 3. The molecule has 0 unspecified atom stereocenters. The van der Waals surface area contributed by atoms with Crippen LogP contribution in [-0.2, 0) is 23.9 Å². The van der Waals surface area contributed by atoms with Crippen LogP contribution < -0.4 is 10.6 Å². The number of thiazole rings is 1. The van der Waals surface area contributed by atoms with Crippen LogP contribution in [0.25, 0.3) is 0 Å². The topological polar surface area (TPSA) is 110 Å². The van der Waals surface area contributed by atoms with Gasteiger partial charge in [-0.15, -0.1) is 11.3 Å². The van der Waals surface area contributed by atoms with Gasteiger partial charge in [0.2, 0.25) is 17.7 Å². The highest BCUT2D eigenvalue weighted by Gasteiger charge is 2.25. The number of anilines is 1. The number of amides is 3. The SMILES string of the molecule is O=C(CN(C[C@@H]1CCCO1)C(=O)CCC(=O)Nc1nccs1)NC[C@@H]1CCCO1. The maximum absolute atomic E-state index is 12.7. The molecule has 10 heteroatoms. The smallest absolute Gasteiger partial charge is 0.239 e. The van der Waals surface area contributed by atoms with Crippen molar-refractivity contribution in [3.63, 3.8) is 0 Å². The van der Waals surface area contributed by atoms with Crippen molar-refractivity contribution in [1.82, 2.24) is 15.2 Å². The Bertz CT molecular complexity index is 672. The lowest BCUT2D eigenvalue weighted by Gasteiger charge is -2.25. The van der Waals surface area contributed by atoms with E-state index in [0.29, 0.717) is 24.8 Å². The number of hydrogen-bond donors (Lipinski definition) is 2. The van der Waals surface area contributed by atoms with E-state index in [0.717, 1.165) is 32.3 Å². The fourth-order valence-electron chi connectivity index (χ4n) is 3.40. The molecule has 2 N–H and O–H groups in total. The maximum atomic E-state index is 12.7. The summed E-state index contributed by atoms with van der Waals surface area (Å²) in [6.45, 7) is 2.18. The molecule has 2 aliphatic heterocycles. The molecule has 0 spiro atoms. The van der Waals surface area contributed by atoms with Crippen LogP contribution in [0.15, 0.2) is 11.6 Å². The third-order valence-electron chi connectivity index (χ3n) is 4.93. The fraction of sp³-hybridized carbons (Fsp3) is 0.684. The Kier molecular flexibility index (Phi) is 8.38. The van der Waals surface area contributed by atoms with Gasteiger partial charge in [0.05, 0.1) is 18.8 Å². The first kappa shape index (κ1) is 21.7. The van der Waals surface area contributed by atoms with Crippen LogP contribution in [0.1, 0.15) is 38.5 Å². The van der Waals surface area contributed by atoms with Crippen LogP contribution in [0.4, 0.5) is 5.13 Å². The lowest BCUT2D eigenvalue weighted by Crippen LogP contribution is -2.45. The molecule has 3 rings (SSSR count). The Hall–Kier alpha value is -2.04. The average molecular weight is 425 g/mol.